The Hall–Kier alpha value is -2.22. The van der Waals surface area contributed by atoms with E-state index in [9.17, 15) is 10.2 Å². The molecule has 0 radical (unpaired) electrons. The van der Waals surface area contributed by atoms with Crippen LogP contribution in [0, 0.1) is 13.8 Å². The van der Waals surface area contributed by atoms with E-state index in [2.05, 4.69) is 24.3 Å². The van der Waals surface area contributed by atoms with E-state index < -0.39 is 0 Å². The fourth-order valence-electron chi connectivity index (χ4n) is 3.43. The first-order chi connectivity index (χ1) is 10.5. The van der Waals surface area contributed by atoms with E-state index in [0.29, 0.717) is 11.5 Å². The molecule has 1 aliphatic carbocycles. The van der Waals surface area contributed by atoms with Crippen LogP contribution in [-0.2, 0) is 5.41 Å². The molecule has 2 nitrogen and oxygen atoms in total. The average molecular weight is 294 g/mol. The van der Waals surface area contributed by atoms with Gasteiger partial charge in [-0.15, -0.1) is 0 Å². The number of allylic oxidation sites excluding steroid dienone is 2. The Balaban J connectivity index is 2.17. The molecule has 2 N–H and O–H groups in total. The molecule has 0 heterocycles. The number of aryl methyl sites for hydroxylation is 2. The van der Waals surface area contributed by atoms with E-state index in [1.165, 1.54) is 11.1 Å². The molecule has 0 fully saturated rings. The number of phenols is 2. The largest absolute Gasteiger partial charge is 0.508 e. The summed E-state index contributed by atoms with van der Waals surface area (Å²) in [6, 6.07) is 11.8. The van der Waals surface area contributed by atoms with E-state index in [0.717, 1.165) is 30.4 Å². The highest BCUT2D eigenvalue weighted by atomic mass is 16.3. The van der Waals surface area contributed by atoms with Crippen molar-refractivity contribution in [2.75, 3.05) is 0 Å². The number of phenolic OH excluding ortho intramolecular Hbond substituents is 2. The normalized spacial score (nSPS) is 16.6. The second kappa shape index (κ2) is 5.53. The van der Waals surface area contributed by atoms with Crippen molar-refractivity contribution in [1.29, 1.82) is 0 Å². The van der Waals surface area contributed by atoms with Crippen molar-refractivity contribution in [3.63, 3.8) is 0 Å². The maximum Gasteiger partial charge on any atom is 0.118 e. The number of aromatic hydroxyl groups is 2. The van der Waals surface area contributed by atoms with Crippen LogP contribution in [0.1, 0.15) is 41.5 Å². The van der Waals surface area contributed by atoms with Crippen molar-refractivity contribution in [2.24, 2.45) is 0 Å². The molecule has 0 unspecified atom stereocenters. The number of benzene rings is 2. The maximum atomic E-state index is 9.83. The Morgan fingerprint density at radius 2 is 1.36 bits per heavy atom. The lowest BCUT2D eigenvalue weighted by Gasteiger charge is -2.37. The third-order valence-corrected chi connectivity index (χ3v) is 4.87. The summed E-state index contributed by atoms with van der Waals surface area (Å²) in [5.41, 5.74) is 4.20. The summed E-state index contributed by atoms with van der Waals surface area (Å²) >= 11 is 0. The predicted octanol–water partition coefficient (Wildman–Crippen LogP) is 4.74. The number of hydrogen-bond donors (Lipinski definition) is 2. The predicted molar refractivity (Wildman–Crippen MR) is 89.5 cm³/mol. The molecule has 22 heavy (non-hydrogen) atoms. The third kappa shape index (κ3) is 2.39. The van der Waals surface area contributed by atoms with Gasteiger partial charge in [0.05, 0.1) is 0 Å². The Labute approximate surface area is 131 Å². The summed E-state index contributed by atoms with van der Waals surface area (Å²) in [7, 11) is 0. The lowest BCUT2D eigenvalue weighted by molar-refractivity contribution is 0.451. The quantitative estimate of drug-likeness (QED) is 0.785. The molecule has 3 rings (SSSR count). The molecule has 0 spiro atoms. The first-order valence-electron chi connectivity index (χ1n) is 7.78. The average Bonchev–Trinajstić information content (AvgIpc) is 2.53. The van der Waals surface area contributed by atoms with Gasteiger partial charge in [0.2, 0.25) is 0 Å². The maximum absolute atomic E-state index is 9.83. The molecule has 2 heteroatoms. The minimum absolute atomic E-state index is 0.0777. The molecular weight excluding hydrogens is 272 g/mol. The minimum atomic E-state index is -0.0777. The van der Waals surface area contributed by atoms with Crippen molar-refractivity contribution in [1.82, 2.24) is 0 Å². The first kappa shape index (κ1) is 14.7. The smallest absolute Gasteiger partial charge is 0.118 e. The highest BCUT2D eigenvalue weighted by Gasteiger charge is 2.34. The molecule has 1 aliphatic rings. The zero-order valence-electron chi connectivity index (χ0n) is 13.1. The molecule has 0 amide bonds. The van der Waals surface area contributed by atoms with Gasteiger partial charge in [0.25, 0.3) is 0 Å². The lowest BCUT2D eigenvalue weighted by atomic mass is 9.67. The molecule has 0 aromatic heterocycles. The standard InChI is InChI=1S/C20H22O2/c1-14-12-16(6-8-18(14)21)20(10-4-3-5-11-20)17-7-9-19(22)15(2)13-17/h3-4,6-9,12-13,21-22H,5,10-11H2,1-2H3. The van der Waals surface area contributed by atoms with Gasteiger partial charge in [-0.25, -0.2) is 0 Å². The van der Waals surface area contributed by atoms with Crippen LogP contribution in [0.25, 0.3) is 0 Å². The number of rotatable bonds is 2. The molecular formula is C20H22O2. The summed E-state index contributed by atoms with van der Waals surface area (Å²) < 4.78 is 0. The topological polar surface area (TPSA) is 40.5 Å². The van der Waals surface area contributed by atoms with Gasteiger partial charge in [-0.1, -0.05) is 36.4 Å². The van der Waals surface area contributed by atoms with Crippen LogP contribution in [0.4, 0.5) is 0 Å². The van der Waals surface area contributed by atoms with Gasteiger partial charge >= 0.3 is 0 Å². The molecule has 114 valence electrons. The van der Waals surface area contributed by atoms with Crippen LogP contribution in [-0.4, -0.2) is 10.2 Å². The minimum Gasteiger partial charge on any atom is -0.508 e. The van der Waals surface area contributed by atoms with Crippen molar-refractivity contribution < 1.29 is 10.2 Å². The third-order valence-electron chi connectivity index (χ3n) is 4.87. The second-order valence-electron chi connectivity index (χ2n) is 6.30. The van der Waals surface area contributed by atoms with Gasteiger partial charge in [-0.2, -0.15) is 0 Å². The SMILES string of the molecule is Cc1cc(C2(c3ccc(O)c(C)c3)CC=CCC2)ccc1O. The fraction of sp³-hybridized carbons (Fsp3) is 0.300. The first-order valence-corrected chi connectivity index (χ1v) is 7.78. The van der Waals surface area contributed by atoms with Crippen LogP contribution < -0.4 is 0 Å². The Morgan fingerprint density at radius 1 is 0.818 bits per heavy atom. The van der Waals surface area contributed by atoms with Gasteiger partial charge in [0, 0.05) is 5.41 Å². The monoisotopic (exact) mass is 294 g/mol. The van der Waals surface area contributed by atoms with Gasteiger partial charge < -0.3 is 10.2 Å². The van der Waals surface area contributed by atoms with E-state index >= 15 is 0 Å². The van der Waals surface area contributed by atoms with E-state index in [1.54, 1.807) is 12.1 Å². The van der Waals surface area contributed by atoms with Crippen molar-refractivity contribution >= 4 is 0 Å². The zero-order chi connectivity index (χ0) is 15.7. The van der Waals surface area contributed by atoms with E-state index in [-0.39, 0.29) is 5.41 Å². The highest BCUT2D eigenvalue weighted by Crippen LogP contribution is 2.44. The van der Waals surface area contributed by atoms with Crippen LogP contribution in [0.2, 0.25) is 0 Å². The summed E-state index contributed by atoms with van der Waals surface area (Å²) in [6.45, 7) is 3.88. The van der Waals surface area contributed by atoms with Crippen LogP contribution in [0.5, 0.6) is 11.5 Å². The second-order valence-corrected chi connectivity index (χ2v) is 6.30. The molecule has 0 bridgehead atoms. The van der Waals surface area contributed by atoms with Crippen molar-refractivity contribution in [2.45, 2.75) is 38.5 Å². The lowest BCUT2D eigenvalue weighted by Crippen LogP contribution is -2.29. The summed E-state index contributed by atoms with van der Waals surface area (Å²) in [6.07, 6.45) is 7.51. The summed E-state index contributed by atoms with van der Waals surface area (Å²) in [5, 5.41) is 19.7. The van der Waals surface area contributed by atoms with Crippen LogP contribution >= 0.6 is 0 Å². The highest BCUT2D eigenvalue weighted by molar-refractivity contribution is 5.48. The molecule has 2 aromatic carbocycles. The van der Waals surface area contributed by atoms with Gasteiger partial charge in [-0.3, -0.25) is 0 Å². The fourth-order valence-corrected chi connectivity index (χ4v) is 3.43. The zero-order valence-corrected chi connectivity index (χ0v) is 13.1. The van der Waals surface area contributed by atoms with E-state index in [1.807, 2.05) is 26.0 Å². The Morgan fingerprint density at radius 3 is 1.77 bits per heavy atom. The van der Waals surface area contributed by atoms with Gasteiger partial charge in [0.1, 0.15) is 11.5 Å². The van der Waals surface area contributed by atoms with Crippen molar-refractivity contribution in [3.05, 3.63) is 70.8 Å². The van der Waals surface area contributed by atoms with Crippen LogP contribution in [0.15, 0.2) is 48.6 Å². The van der Waals surface area contributed by atoms with Crippen LogP contribution in [0.3, 0.4) is 0 Å². The molecule has 0 aliphatic heterocycles. The molecule has 0 saturated carbocycles. The Kier molecular flexibility index (Phi) is 3.69. The van der Waals surface area contributed by atoms with Crippen molar-refractivity contribution in [3.8, 4) is 11.5 Å². The summed E-state index contributed by atoms with van der Waals surface area (Å²) in [4.78, 5) is 0. The molecule has 0 atom stereocenters. The van der Waals surface area contributed by atoms with Gasteiger partial charge in [-0.05, 0) is 67.5 Å². The number of hydrogen-bond acceptors (Lipinski definition) is 2. The Bertz CT molecular complexity index is 677. The van der Waals surface area contributed by atoms with Gasteiger partial charge in [0.15, 0.2) is 0 Å². The molecule has 2 aromatic rings. The van der Waals surface area contributed by atoms with E-state index in [4.69, 9.17) is 0 Å². The molecule has 0 saturated heterocycles. The summed E-state index contributed by atoms with van der Waals surface area (Å²) in [5.74, 6) is 0.680.